The van der Waals surface area contributed by atoms with E-state index in [1.54, 1.807) is 6.20 Å². The van der Waals surface area contributed by atoms with Gasteiger partial charge in [-0.1, -0.05) is 19.8 Å². The highest BCUT2D eigenvalue weighted by atomic mass is 16.7. The van der Waals surface area contributed by atoms with E-state index in [4.69, 9.17) is 15.0 Å². The molecule has 2 rings (SSSR count). The van der Waals surface area contributed by atoms with Crippen LogP contribution in [0.4, 0.5) is 5.82 Å². The lowest BCUT2D eigenvalue weighted by Crippen LogP contribution is -2.41. The highest BCUT2D eigenvalue weighted by Crippen LogP contribution is 2.36. The molecule has 1 aromatic rings. The van der Waals surface area contributed by atoms with E-state index in [0.717, 1.165) is 18.3 Å². The Labute approximate surface area is 128 Å². The van der Waals surface area contributed by atoms with Crippen molar-refractivity contribution in [3.05, 3.63) is 17.8 Å². The van der Waals surface area contributed by atoms with Gasteiger partial charge in [0.1, 0.15) is 5.82 Å². The molecule has 4 nitrogen and oxygen atoms in total. The highest BCUT2D eigenvalue weighted by Gasteiger charge is 2.52. The number of unbranched alkanes of at least 4 members (excludes halogenated alkanes) is 2. The summed E-state index contributed by atoms with van der Waals surface area (Å²) in [7, 11) is -0.361. The van der Waals surface area contributed by atoms with Gasteiger partial charge in [-0.25, -0.2) is 4.98 Å². The highest BCUT2D eigenvalue weighted by molar-refractivity contribution is 6.62. The molecule has 0 saturated carbocycles. The first-order valence-electron chi connectivity index (χ1n) is 7.87. The largest absolute Gasteiger partial charge is 0.496 e. The fourth-order valence-electron chi connectivity index (χ4n) is 2.49. The van der Waals surface area contributed by atoms with Gasteiger partial charge in [0, 0.05) is 11.7 Å². The van der Waals surface area contributed by atoms with Crippen molar-refractivity contribution in [3.63, 3.8) is 0 Å². The second kappa shape index (κ2) is 5.97. The number of rotatable bonds is 5. The standard InChI is InChI=1S/C16H27BN2O2/c1-6-7-8-9-12-10-14(18)19-11-13(12)17-20-15(2,3)16(4,5)21-17/h10-11H,6-9H2,1-5H3,(H2,18,19). The van der Waals surface area contributed by atoms with Crippen LogP contribution in [0.15, 0.2) is 12.3 Å². The number of nitrogens with zero attached hydrogens (tertiary/aromatic N) is 1. The average molecular weight is 290 g/mol. The summed E-state index contributed by atoms with van der Waals surface area (Å²) in [5, 5.41) is 0. The van der Waals surface area contributed by atoms with E-state index in [0.29, 0.717) is 5.82 Å². The van der Waals surface area contributed by atoms with Crippen LogP contribution in [0, 0.1) is 0 Å². The molecule has 1 saturated heterocycles. The van der Waals surface area contributed by atoms with E-state index in [1.165, 1.54) is 18.4 Å². The molecule has 5 heteroatoms. The van der Waals surface area contributed by atoms with E-state index in [1.807, 2.05) is 6.07 Å². The number of hydrogen-bond acceptors (Lipinski definition) is 4. The van der Waals surface area contributed by atoms with Gasteiger partial charge in [-0.05, 0) is 52.2 Å². The average Bonchev–Trinajstić information content (AvgIpc) is 2.58. The molecule has 2 N–H and O–H groups in total. The number of hydrogen-bond donors (Lipinski definition) is 1. The number of nitrogen functional groups attached to an aromatic ring is 1. The predicted octanol–water partition coefficient (Wildman–Crippen LogP) is 2.70. The van der Waals surface area contributed by atoms with E-state index in [2.05, 4.69) is 39.6 Å². The molecule has 0 aliphatic carbocycles. The number of nitrogens with two attached hydrogens (primary N) is 1. The van der Waals surface area contributed by atoms with Crippen LogP contribution in [0.25, 0.3) is 0 Å². The predicted molar refractivity (Wildman–Crippen MR) is 87.6 cm³/mol. The maximum atomic E-state index is 6.13. The summed E-state index contributed by atoms with van der Waals surface area (Å²) >= 11 is 0. The van der Waals surface area contributed by atoms with E-state index >= 15 is 0 Å². The first kappa shape index (κ1) is 16.3. The Kier molecular flexibility index (Phi) is 4.64. The molecule has 1 fully saturated rings. The van der Waals surface area contributed by atoms with E-state index in [9.17, 15) is 0 Å². The molecule has 0 aromatic carbocycles. The van der Waals surface area contributed by atoms with Crippen LogP contribution in [-0.4, -0.2) is 23.3 Å². The van der Waals surface area contributed by atoms with Crippen molar-refractivity contribution >= 4 is 18.4 Å². The van der Waals surface area contributed by atoms with Gasteiger partial charge in [-0.2, -0.15) is 0 Å². The van der Waals surface area contributed by atoms with Crippen LogP contribution < -0.4 is 11.2 Å². The van der Waals surface area contributed by atoms with Crippen molar-refractivity contribution in [1.82, 2.24) is 4.98 Å². The third kappa shape index (κ3) is 3.41. The van der Waals surface area contributed by atoms with Crippen molar-refractivity contribution < 1.29 is 9.31 Å². The normalized spacial score (nSPS) is 20.0. The number of pyridine rings is 1. The van der Waals surface area contributed by atoms with Crippen LogP contribution in [-0.2, 0) is 15.7 Å². The van der Waals surface area contributed by atoms with Gasteiger partial charge in [-0.3, -0.25) is 0 Å². The molecular weight excluding hydrogens is 263 g/mol. The Bertz CT molecular complexity index is 487. The zero-order valence-corrected chi connectivity index (χ0v) is 13.9. The molecule has 0 unspecified atom stereocenters. The molecule has 2 heterocycles. The molecule has 116 valence electrons. The maximum absolute atomic E-state index is 6.13. The molecule has 0 radical (unpaired) electrons. The van der Waals surface area contributed by atoms with Gasteiger partial charge < -0.3 is 15.0 Å². The van der Waals surface area contributed by atoms with Gasteiger partial charge in [0.2, 0.25) is 0 Å². The second-order valence-electron chi connectivity index (χ2n) is 6.85. The monoisotopic (exact) mass is 290 g/mol. The molecule has 0 amide bonds. The van der Waals surface area contributed by atoms with Crippen LogP contribution in [0.2, 0.25) is 0 Å². The maximum Gasteiger partial charge on any atom is 0.496 e. The van der Waals surface area contributed by atoms with Gasteiger partial charge >= 0.3 is 7.12 Å². The summed E-state index contributed by atoms with van der Waals surface area (Å²) in [6, 6.07) is 1.95. The van der Waals surface area contributed by atoms with E-state index in [-0.39, 0.29) is 18.3 Å². The lowest BCUT2D eigenvalue weighted by molar-refractivity contribution is 0.00578. The summed E-state index contributed by atoms with van der Waals surface area (Å²) in [4.78, 5) is 4.23. The van der Waals surface area contributed by atoms with Crippen LogP contribution >= 0.6 is 0 Å². The Morgan fingerprint density at radius 3 is 2.33 bits per heavy atom. The Hall–Kier alpha value is -1.07. The molecule has 0 spiro atoms. The van der Waals surface area contributed by atoms with Crippen molar-refractivity contribution in [2.75, 3.05) is 5.73 Å². The van der Waals surface area contributed by atoms with Gasteiger partial charge in [0.25, 0.3) is 0 Å². The SMILES string of the molecule is CCCCCc1cc(N)ncc1B1OC(C)(C)C(C)(C)O1. The number of aromatic nitrogens is 1. The van der Waals surface area contributed by atoms with Gasteiger partial charge in [-0.15, -0.1) is 0 Å². The first-order valence-corrected chi connectivity index (χ1v) is 7.87. The molecule has 0 bridgehead atoms. The summed E-state index contributed by atoms with van der Waals surface area (Å²) in [6.07, 6.45) is 6.35. The lowest BCUT2D eigenvalue weighted by Gasteiger charge is -2.32. The lowest BCUT2D eigenvalue weighted by atomic mass is 9.76. The number of anilines is 1. The van der Waals surface area contributed by atoms with Crippen molar-refractivity contribution in [1.29, 1.82) is 0 Å². The fourth-order valence-corrected chi connectivity index (χ4v) is 2.49. The molecular formula is C16H27BN2O2. The van der Waals surface area contributed by atoms with Gasteiger partial charge in [0.15, 0.2) is 0 Å². The van der Waals surface area contributed by atoms with Crippen LogP contribution in [0.5, 0.6) is 0 Å². The van der Waals surface area contributed by atoms with Gasteiger partial charge in [0.05, 0.1) is 11.2 Å². The second-order valence-corrected chi connectivity index (χ2v) is 6.85. The van der Waals surface area contributed by atoms with Crippen molar-refractivity contribution in [2.24, 2.45) is 0 Å². The van der Waals surface area contributed by atoms with Crippen molar-refractivity contribution in [3.8, 4) is 0 Å². The number of aryl methyl sites for hydroxylation is 1. The summed E-state index contributed by atoms with van der Waals surface area (Å²) in [5.41, 5.74) is 7.38. The minimum atomic E-state index is -0.361. The summed E-state index contributed by atoms with van der Waals surface area (Å²) < 4.78 is 12.3. The minimum absolute atomic E-state index is 0.334. The first-order chi connectivity index (χ1) is 9.77. The fraction of sp³-hybridized carbons (Fsp3) is 0.688. The minimum Gasteiger partial charge on any atom is -0.399 e. The molecule has 1 aliphatic rings. The molecule has 0 atom stereocenters. The molecule has 21 heavy (non-hydrogen) atoms. The van der Waals surface area contributed by atoms with E-state index < -0.39 is 0 Å². The topological polar surface area (TPSA) is 57.4 Å². The molecule has 1 aromatic heterocycles. The third-order valence-corrected chi connectivity index (χ3v) is 4.60. The quantitative estimate of drug-likeness (QED) is 0.669. The summed E-state index contributed by atoms with van der Waals surface area (Å²) in [6.45, 7) is 10.5. The third-order valence-electron chi connectivity index (χ3n) is 4.60. The van der Waals surface area contributed by atoms with Crippen LogP contribution in [0.3, 0.4) is 0 Å². The van der Waals surface area contributed by atoms with Crippen LogP contribution in [0.1, 0.15) is 59.4 Å². The Balaban J connectivity index is 2.24. The zero-order valence-electron chi connectivity index (χ0n) is 13.9. The zero-order chi connectivity index (χ0) is 15.7. The summed E-state index contributed by atoms with van der Waals surface area (Å²) in [5.74, 6) is 0.557. The molecule has 1 aliphatic heterocycles. The Morgan fingerprint density at radius 2 is 1.76 bits per heavy atom. The van der Waals surface area contributed by atoms with Crippen molar-refractivity contribution in [2.45, 2.75) is 71.5 Å². The Morgan fingerprint density at radius 1 is 1.14 bits per heavy atom. The smallest absolute Gasteiger partial charge is 0.399 e.